The van der Waals surface area contributed by atoms with Gasteiger partial charge in [0, 0.05) is 25.5 Å². The third-order valence-electron chi connectivity index (χ3n) is 10.4. The minimum atomic E-state index is -0.399. The van der Waals surface area contributed by atoms with Crippen molar-refractivity contribution in [3.05, 3.63) is 119 Å². The molecule has 0 spiro atoms. The molecule has 0 saturated heterocycles. The number of hydrogen-bond acceptors (Lipinski definition) is 8. The first kappa shape index (κ1) is 48.4. The molecule has 0 aliphatic carbocycles. The molecule has 0 saturated carbocycles. The van der Waals surface area contributed by atoms with Crippen molar-refractivity contribution in [3.63, 3.8) is 0 Å². The molecule has 328 valence electrons. The van der Waals surface area contributed by atoms with Gasteiger partial charge in [-0.15, -0.1) is 0 Å². The summed E-state index contributed by atoms with van der Waals surface area (Å²) >= 11 is 0. The van der Waals surface area contributed by atoms with E-state index in [1.165, 1.54) is 89.9 Å². The Labute approximate surface area is 366 Å². The molecule has 0 heterocycles. The highest BCUT2D eigenvalue weighted by atomic mass is 16.5. The third-order valence-corrected chi connectivity index (χ3v) is 10.4. The van der Waals surface area contributed by atoms with E-state index >= 15 is 0 Å². The zero-order valence-corrected chi connectivity index (χ0v) is 37.0. The largest absolute Gasteiger partial charge is 0.494 e. The van der Waals surface area contributed by atoms with Gasteiger partial charge in [-0.1, -0.05) is 104 Å². The van der Waals surface area contributed by atoms with Crippen LogP contribution in [0.4, 0.5) is 0 Å². The minimum absolute atomic E-state index is 0.399. The number of rotatable bonds is 32. The summed E-state index contributed by atoms with van der Waals surface area (Å²) in [5.74, 6) is 1.72. The van der Waals surface area contributed by atoms with Crippen LogP contribution in [0, 0.1) is 0 Å². The topological polar surface area (TPSA) is 95.8 Å². The van der Waals surface area contributed by atoms with Gasteiger partial charge in [0.05, 0.1) is 24.3 Å². The van der Waals surface area contributed by atoms with Gasteiger partial charge in [-0.2, -0.15) is 0 Å². The van der Waals surface area contributed by atoms with E-state index in [0.29, 0.717) is 35.8 Å². The highest BCUT2D eigenvalue weighted by Gasteiger charge is 2.10. The molecule has 0 unspecified atom stereocenters. The number of ether oxygens (including phenoxy) is 4. The van der Waals surface area contributed by atoms with Crippen molar-refractivity contribution in [3.8, 4) is 23.0 Å². The lowest BCUT2D eigenvalue weighted by molar-refractivity contribution is 0.0725. The zero-order chi connectivity index (χ0) is 43.0. The predicted molar refractivity (Wildman–Crippen MR) is 251 cm³/mol. The lowest BCUT2D eigenvalue weighted by atomic mass is 10.1. The molecule has 0 fully saturated rings. The van der Waals surface area contributed by atoms with Gasteiger partial charge >= 0.3 is 11.9 Å². The fourth-order valence-electron chi connectivity index (χ4n) is 6.73. The highest BCUT2D eigenvalue weighted by Crippen LogP contribution is 2.19. The summed E-state index contributed by atoms with van der Waals surface area (Å²) < 4.78 is 22.9. The van der Waals surface area contributed by atoms with Crippen LogP contribution in [0.5, 0.6) is 23.0 Å². The van der Waals surface area contributed by atoms with Crippen molar-refractivity contribution in [2.45, 2.75) is 136 Å². The van der Waals surface area contributed by atoms with Crippen molar-refractivity contribution in [1.29, 1.82) is 0 Å². The average Bonchev–Trinajstić information content (AvgIpc) is 3.28. The van der Waals surface area contributed by atoms with Gasteiger partial charge in [0.25, 0.3) is 0 Å². The third kappa shape index (κ3) is 21.2. The van der Waals surface area contributed by atoms with Crippen molar-refractivity contribution in [2.24, 2.45) is 9.98 Å². The first-order valence-electron chi connectivity index (χ1n) is 23.1. The quantitative estimate of drug-likeness (QED) is 0.0210. The second-order valence-electron chi connectivity index (χ2n) is 15.7. The monoisotopic (exact) mass is 831 g/mol. The Balaban J connectivity index is 1.02. The fourth-order valence-corrected chi connectivity index (χ4v) is 6.73. The second kappa shape index (κ2) is 30.7. The zero-order valence-electron chi connectivity index (χ0n) is 37.0. The molecule has 4 aromatic rings. The number of hydrogen-bond donors (Lipinski definition) is 0. The van der Waals surface area contributed by atoms with Crippen LogP contribution >= 0.6 is 0 Å². The number of unbranched alkanes of at least 4 members (excludes halogenated alkanes) is 16. The number of aliphatic imine (C=N–C) groups is 2. The molecular formula is C53H70N2O6. The molecule has 4 aromatic carbocycles. The Morgan fingerprint density at radius 2 is 0.705 bits per heavy atom. The molecule has 0 aliphatic heterocycles. The Hall–Kier alpha value is -5.24. The number of carbonyl (C=O) groups is 2. The maximum atomic E-state index is 12.7. The molecule has 0 atom stereocenters. The van der Waals surface area contributed by atoms with Crippen LogP contribution in [0.2, 0.25) is 0 Å². The molecule has 0 N–H and O–H groups in total. The van der Waals surface area contributed by atoms with E-state index < -0.39 is 11.9 Å². The van der Waals surface area contributed by atoms with E-state index in [4.69, 9.17) is 18.9 Å². The van der Waals surface area contributed by atoms with Gasteiger partial charge in [0.1, 0.15) is 23.0 Å². The van der Waals surface area contributed by atoms with Crippen molar-refractivity contribution in [2.75, 3.05) is 26.3 Å². The summed E-state index contributed by atoms with van der Waals surface area (Å²) in [4.78, 5) is 34.5. The van der Waals surface area contributed by atoms with E-state index in [-0.39, 0.29) is 0 Å². The van der Waals surface area contributed by atoms with Crippen LogP contribution in [0.25, 0.3) is 0 Å². The van der Waals surface area contributed by atoms with Gasteiger partial charge in [-0.05, 0) is 140 Å². The highest BCUT2D eigenvalue weighted by molar-refractivity contribution is 5.92. The molecular weight excluding hydrogens is 761 g/mol. The Morgan fingerprint density at radius 3 is 1.07 bits per heavy atom. The molecule has 8 nitrogen and oxygen atoms in total. The number of benzene rings is 4. The van der Waals surface area contributed by atoms with E-state index in [9.17, 15) is 9.59 Å². The molecule has 0 radical (unpaired) electrons. The van der Waals surface area contributed by atoms with Gasteiger partial charge in [-0.3, -0.25) is 9.98 Å². The average molecular weight is 831 g/mol. The first-order valence-corrected chi connectivity index (χ1v) is 23.1. The Morgan fingerprint density at radius 1 is 0.393 bits per heavy atom. The van der Waals surface area contributed by atoms with Gasteiger partial charge < -0.3 is 18.9 Å². The molecule has 8 heteroatoms. The summed E-state index contributed by atoms with van der Waals surface area (Å²) in [6, 6.07) is 29.0. The summed E-state index contributed by atoms with van der Waals surface area (Å²) in [6.45, 7) is 7.34. The van der Waals surface area contributed by atoms with E-state index in [2.05, 4.69) is 23.8 Å². The van der Waals surface area contributed by atoms with Crippen LogP contribution in [0.15, 0.2) is 107 Å². The van der Waals surface area contributed by atoms with Crippen LogP contribution in [-0.4, -0.2) is 50.7 Å². The summed E-state index contributed by atoms with van der Waals surface area (Å²) in [5.41, 5.74) is 2.87. The normalized spacial score (nSPS) is 11.3. The molecule has 61 heavy (non-hydrogen) atoms. The maximum Gasteiger partial charge on any atom is 0.343 e. The lowest BCUT2D eigenvalue weighted by Crippen LogP contribution is -2.08. The number of carbonyl (C=O) groups excluding carboxylic acids is 2. The lowest BCUT2D eigenvalue weighted by Gasteiger charge is -2.08. The van der Waals surface area contributed by atoms with Crippen LogP contribution in [0.1, 0.15) is 168 Å². The van der Waals surface area contributed by atoms with Crippen LogP contribution in [-0.2, 0) is 0 Å². The van der Waals surface area contributed by atoms with Gasteiger partial charge in [0.15, 0.2) is 0 Å². The van der Waals surface area contributed by atoms with E-state index in [1.54, 1.807) is 48.5 Å². The minimum Gasteiger partial charge on any atom is -0.494 e. The Bertz CT molecular complexity index is 1680. The molecule has 0 aliphatic rings. The van der Waals surface area contributed by atoms with E-state index in [1.807, 2.05) is 61.0 Å². The predicted octanol–water partition coefficient (Wildman–Crippen LogP) is 13.9. The van der Waals surface area contributed by atoms with Crippen LogP contribution < -0.4 is 18.9 Å². The molecule has 0 amide bonds. The maximum absolute atomic E-state index is 12.7. The molecule has 0 bridgehead atoms. The standard InChI is InChI=1S/C53H70N2O6/c1-3-5-7-9-11-13-15-20-40-58-48-34-26-46(27-35-48)52(56)60-50-30-22-44(23-31-50)42-54-38-18-17-19-39-55-43-45-24-32-51(33-25-45)61-53(57)47-28-36-49(37-29-47)59-41-21-16-14-12-10-8-6-4-2/h22-37,42-43H,3-21,38-41H2,1-2H3. The van der Waals surface area contributed by atoms with Crippen LogP contribution in [0.3, 0.4) is 0 Å². The second-order valence-corrected chi connectivity index (χ2v) is 15.7. The Kier molecular flexibility index (Phi) is 24.4. The summed E-state index contributed by atoms with van der Waals surface area (Å²) in [5, 5.41) is 0. The summed E-state index contributed by atoms with van der Waals surface area (Å²) in [7, 11) is 0. The van der Waals surface area contributed by atoms with Gasteiger partial charge in [0.2, 0.25) is 0 Å². The van der Waals surface area contributed by atoms with Crippen molar-refractivity contribution in [1.82, 2.24) is 0 Å². The number of nitrogens with zero attached hydrogens (tertiary/aromatic N) is 2. The smallest absolute Gasteiger partial charge is 0.343 e. The van der Waals surface area contributed by atoms with Crippen molar-refractivity contribution >= 4 is 24.4 Å². The van der Waals surface area contributed by atoms with E-state index in [0.717, 1.165) is 67.8 Å². The molecule has 0 aromatic heterocycles. The van der Waals surface area contributed by atoms with Crippen molar-refractivity contribution < 1.29 is 28.5 Å². The fraction of sp³-hybridized carbons (Fsp3) is 0.472. The number of esters is 2. The first-order chi connectivity index (χ1) is 30.0. The van der Waals surface area contributed by atoms with Gasteiger partial charge in [-0.25, -0.2) is 9.59 Å². The SMILES string of the molecule is CCCCCCCCCCOc1ccc(C(=O)Oc2ccc(C=NCCCCCN=Cc3ccc(OC(=O)c4ccc(OCCCCCCCCCC)cc4)cc3)cc2)cc1. The summed E-state index contributed by atoms with van der Waals surface area (Å²) in [6.07, 6.45) is 26.9. The molecule has 4 rings (SSSR count).